The molecule has 0 saturated carbocycles. The number of carbonyl (C=O) groups is 2. The normalized spacial score (nSPS) is 10.8. The summed E-state index contributed by atoms with van der Waals surface area (Å²) in [7, 11) is 0. The van der Waals surface area contributed by atoms with Crippen molar-refractivity contribution in [1.29, 1.82) is 0 Å². The fourth-order valence-corrected chi connectivity index (χ4v) is 2.22. The maximum Gasteiger partial charge on any atom is 0.353 e. The van der Waals surface area contributed by atoms with Crippen LogP contribution < -0.4 is 5.32 Å². The first-order valence-electron chi connectivity index (χ1n) is 6.62. The number of hydrogen-bond donors (Lipinski definition) is 2. The summed E-state index contributed by atoms with van der Waals surface area (Å²) in [4.78, 5) is 27.4. The summed E-state index contributed by atoms with van der Waals surface area (Å²) in [5.41, 5.74) is 0.262. The Morgan fingerprint density at radius 2 is 2.12 bits per heavy atom. The van der Waals surface area contributed by atoms with E-state index in [0.717, 1.165) is 10.5 Å². The zero-order valence-corrected chi connectivity index (χ0v) is 12.7. The van der Waals surface area contributed by atoms with E-state index in [1.165, 1.54) is 24.5 Å². The third-order valence-corrected chi connectivity index (χ3v) is 3.46. The molecule has 10 heteroatoms. The molecule has 0 fully saturated rings. The molecule has 3 rings (SSSR count). The van der Waals surface area contributed by atoms with Crippen molar-refractivity contribution in [2.45, 2.75) is 6.54 Å². The number of rotatable bonds is 4. The maximum absolute atomic E-state index is 13.1. The fourth-order valence-electron chi connectivity index (χ4n) is 2.02. The second-order valence-electron chi connectivity index (χ2n) is 4.76. The van der Waals surface area contributed by atoms with E-state index in [9.17, 15) is 19.1 Å². The Hall–Kier alpha value is -3.07. The van der Waals surface area contributed by atoms with E-state index in [1.54, 1.807) is 0 Å². The van der Waals surface area contributed by atoms with Crippen molar-refractivity contribution >= 4 is 29.3 Å². The van der Waals surface area contributed by atoms with Crippen LogP contribution in [0.2, 0.25) is 5.02 Å². The number of aromatic carboxylic acids is 1. The Kier molecular flexibility index (Phi) is 4.09. The number of benzene rings is 1. The van der Waals surface area contributed by atoms with Crippen molar-refractivity contribution in [1.82, 2.24) is 24.9 Å². The molecule has 1 amide bonds. The molecule has 2 N–H and O–H groups in total. The van der Waals surface area contributed by atoms with Gasteiger partial charge in [-0.05, 0) is 17.7 Å². The lowest BCUT2D eigenvalue weighted by atomic mass is 10.2. The zero-order valence-electron chi connectivity index (χ0n) is 11.9. The van der Waals surface area contributed by atoms with E-state index in [0.29, 0.717) is 5.56 Å². The molecule has 3 aromatic rings. The zero-order chi connectivity index (χ0) is 17.3. The van der Waals surface area contributed by atoms with Crippen LogP contribution in [0.1, 0.15) is 26.5 Å². The number of aromatic nitrogens is 4. The first-order chi connectivity index (χ1) is 11.5. The highest BCUT2D eigenvalue weighted by Gasteiger charge is 2.17. The van der Waals surface area contributed by atoms with Crippen molar-refractivity contribution in [3.8, 4) is 0 Å². The molecule has 0 aliphatic heterocycles. The molecule has 0 unspecified atom stereocenters. The topological polar surface area (TPSA) is 109 Å². The minimum Gasteiger partial charge on any atom is -0.477 e. The SMILES string of the molecule is O=C(NCc1ccc(F)c(Cl)c1)c1cc(C(=O)O)n2cnnc2n1. The largest absolute Gasteiger partial charge is 0.477 e. The number of carboxylic acids is 1. The van der Waals surface area contributed by atoms with Crippen LogP contribution in [-0.4, -0.2) is 36.6 Å². The fraction of sp³-hybridized carbons (Fsp3) is 0.0714. The van der Waals surface area contributed by atoms with Crippen molar-refractivity contribution < 1.29 is 19.1 Å². The van der Waals surface area contributed by atoms with Gasteiger partial charge >= 0.3 is 5.97 Å². The molecular weight excluding hydrogens is 341 g/mol. The molecule has 2 aromatic heterocycles. The van der Waals surface area contributed by atoms with Gasteiger partial charge in [-0.3, -0.25) is 9.20 Å². The van der Waals surface area contributed by atoms with Gasteiger partial charge < -0.3 is 10.4 Å². The Morgan fingerprint density at radius 1 is 1.33 bits per heavy atom. The number of carboxylic acid groups (broad SMARTS) is 1. The molecule has 0 aliphatic rings. The van der Waals surface area contributed by atoms with Gasteiger partial charge in [-0.25, -0.2) is 14.2 Å². The van der Waals surface area contributed by atoms with Crippen molar-refractivity contribution in [2.75, 3.05) is 0 Å². The van der Waals surface area contributed by atoms with E-state index in [2.05, 4.69) is 20.5 Å². The molecule has 24 heavy (non-hydrogen) atoms. The summed E-state index contributed by atoms with van der Waals surface area (Å²) in [6.07, 6.45) is 1.19. The average Bonchev–Trinajstić information content (AvgIpc) is 3.03. The van der Waals surface area contributed by atoms with Gasteiger partial charge in [0.2, 0.25) is 0 Å². The van der Waals surface area contributed by atoms with E-state index >= 15 is 0 Å². The lowest BCUT2D eigenvalue weighted by Gasteiger charge is -2.07. The Bertz CT molecular complexity index is 959. The molecule has 8 nitrogen and oxygen atoms in total. The van der Waals surface area contributed by atoms with E-state index < -0.39 is 17.7 Å². The van der Waals surface area contributed by atoms with E-state index in [4.69, 9.17) is 11.6 Å². The van der Waals surface area contributed by atoms with Gasteiger partial charge in [-0.2, -0.15) is 0 Å². The summed E-state index contributed by atoms with van der Waals surface area (Å²) in [6, 6.07) is 5.16. The smallest absolute Gasteiger partial charge is 0.353 e. The number of nitrogens with one attached hydrogen (secondary N) is 1. The van der Waals surface area contributed by atoms with Crippen LogP contribution in [0.4, 0.5) is 4.39 Å². The molecule has 2 heterocycles. The third kappa shape index (κ3) is 3.01. The van der Waals surface area contributed by atoms with Crippen LogP contribution in [0.25, 0.3) is 5.78 Å². The Morgan fingerprint density at radius 3 is 2.83 bits per heavy atom. The summed E-state index contributed by atoms with van der Waals surface area (Å²) >= 11 is 5.67. The molecule has 0 bridgehead atoms. The lowest BCUT2D eigenvalue weighted by Crippen LogP contribution is -2.25. The standard InChI is InChI=1S/C14H9ClFN5O3/c15-8-3-7(1-2-9(8)16)5-17-12(22)10-4-11(13(23)24)21-6-18-20-14(21)19-10/h1-4,6H,5H2,(H,17,22)(H,23,24). The predicted octanol–water partition coefficient (Wildman–Crippen LogP) is 1.54. The van der Waals surface area contributed by atoms with Gasteiger partial charge in [-0.1, -0.05) is 17.7 Å². The quantitative estimate of drug-likeness (QED) is 0.739. The number of amides is 1. The molecule has 122 valence electrons. The molecule has 0 aliphatic carbocycles. The van der Waals surface area contributed by atoms with Gasteiger partial charge in [-0.15, -0.1) is 10.2 Å². The summed E-state index contributed by atoms with van der Waals surface area (Å²) in [6.45, 7) is 0.0702. The van der Waals surface area contributed by atoms with Crippen LogP contribution in [-0.2, 0) is 6.54 Å². The average molecular weight is 350 g/mol. The van der Waals surface area contributed by atoms with Gasteiger partial charge in [0.15, 0.2) is 0 Å². The Labute approximate surface area is 138 Å². The molecular formula is C14H9ClFN5O3. The van der Waals surface area contributed by atoms with Crippen LogP contribution >= 0.6 is 11.6 Å². The number of halogens is 2. The summed E-state index contributed by atoms with van der Waals surface area (Å²) in [5, 5.41) is 18.9. The lowest BCUT2D eigenvalue weighted by molar-refractivity contribution is 0.0688. The second kappa shape index (κ2) is 6.20. The van der Waals surface area contributed by atoms with Crippen molar-refractivity contribution in [3.63, 3.8) is 0 Å². The van der Waals surface area contributed by atoms with Crippen LogP contribution in [0.3, 0.4) is 0 Å². The molecule has 0 radical (unpaired) electrons. The molecule has 1 aromatic carbocycles. The minimum absolute atomic E-state index is 0.00937. The van der Waals surface area contributed by atoms with Crippen molar-refractivity contribution in [3.05, 3.63) is 58.4 Å². The third-order valence-electron chi connectivity index (χ3n) is 3.17. The van der Waals surface area contributed by atoms with Crippen LogP contribution in [0, 0.1) is 5.82 Å². The Balaban J connectivity index is 1.83. The molecule has 0 atom stereocenters. The van der Waals surface area contributed by atoms with Gasteiger partial charge in [0.05, 0.1) is 5.02 Å². The number of carbonyl (C=O) groups excluding carboxylic acids is 1. The van der Waals surface area contributed by atoms with E-state index in [-0.39, 0.29) is 28.7 Å². The van der Waals surface area contributed by atoms with Crippen LogP contribution in [0.15, 0.2) is 30.6 Å². The van der Waals surface area contributed by atoms with E-state index in [1.807, 2.05) is 0 Å². The minimum atomic E-state index is -1.25. The van der Waals surface area contributed by atoms with Gasteiger partial charge in [0, 0.05) is 12.6 Å². The number of hydrogen-bond acceptors (Lipinski definition) is 5. The summed E-state index contributed by atoms with van der Waals surface area (Å²) < 4.78 is 14.3. The van der Waals surface area contributed by atoms with Crippen LogP contribution in [0.5, 0.6) is 0 Å². The summed E-state index contributed by atoms with van der Waals surface area (Å²) in [5.74, 6) is -2.42. The maximum atomic E-state index is 13.1. The highest BCUT2D eigenvalue weighted by atomic mass is 35.5. The first kappa shape index (κ1) is 15.8. The second-order valence-corrected chi connectivity index (χ2v) is 5.17. The highest BCUT2D eigenvalue weighted by Crippen LogP contribution is 2.16. The van der Waals surface area contributed by atoms with Gasteiger partial charge in [0.1, 0.15) is 23.5 Å². The predicted molar refractivity (Wildman–Crippen MR) is 80.3 cm³/mol. The highest BCUT2D eigenvalue weighted by molar-refractivity contribution is 6.30. The van der Waals surface area contributed by atoms with Crippen molar-refractivity contribution in [2.24, 2.45) is 0 Å². The number of fused-ring (bicyclic) bond motifs is 1. The van der Waals surface area contributed by atoms with Gasteiger partial charge in [0.25, 0.3) is 11.7 Å². The monoisotopic (exact) mass is 349 g/mol. The first-order valence-corrected chi connectivity index (χ1v) is 6.99. The molecule has 0 saturated heterocycles. The number of nitrogens with zero attached hydrogens (tertiary/aromatic N) is 4. The molecule has 0 spiro atoms.